The van der Waals surface area contributed by atoms with Gasteiger partial charge in [0, 0.05) is 6.42 Å². The van der Waals surface area contributed by atoms with Crippen LogP contribution in [0.5, 0.6) is 0 Å². The molecular weight excluding hydrogens is 136 g/mol. The molecule has 0 rings (SSSR count). The van der Waals surface area contributed by atoms with Crippen LogP contribution in [-0.4, -0.2) is 18.8 Å². The Morgan fingerprint density at radius 2 is 1.89 bits per heavy atom. The van der Waals surface area contributed by atoms with E-state index < -0.39 is 25.2 Å². The first-order valence-electron chi connectivity index (χ1n) is 2.41. The molecule has 4 heteroatoms. The fourth-order valence-corrected chi connectivity index (χ4v) is 0.269. The number of alkyl halides is 4. The lowest BCUT2D eigenvalue weighted by Crippen LogP contribution is -2.30. The summed E-state index contributed by atoms with van der Waals surface area (Å²) in [6.45, 7) is 1.12. The zero-order chi connectivity index (χ0) is 7.49. The molecule has 9 heavy (non-hydrogen) atoms. The highest BCUT2D eigenvalue weighted by Crippen LogP contribution is 2.24. The molecule has 0 fully saturated rings. The van der Waals surface area contributed by atoms with Gasteiger partial charge in [-0.1, -0.05) is 0 Å². The summed E-state index contributed by atoms with van der Waals surface area (Å²) in [4.78, 5) is 0. The van der Waals surface area contributed by atoms with Crippen molar-refractivity contribution in [1.82, 2.24) is 0 Å². The van der Waals surface area contributed by atoms with Gasteiger partial charge < -0.3 is 0 Å². The molecule has 1 radical (unpaired) electrons. The van der Waals surface area contributed by atoms with Crippen LogP contribution in [0.2, 0.25) is 0 Å². The molecule has 0 amide bonds. The van der Waals surface area contributed by atoms with E-state index in [1.807, 2.05) is 0 Å². The predicted octanol–water partition coefficient (Wildman–Crippen LogP) is 2.15. The second-order valence-electron chi connectivity index (χ2n) is 1.63. The van der Waals surface area contributed by atoms with Gasteiger partial charge in [-0.05, 0) is 6.92 Å². The Kier molecular flexibility index (Phi) is 2.94. The summed E-state index contributed by atoms with van der Waals surface area (Å²) in [5.74, 6) is -3.60. The van der Waals surface area contributed by atoms with Crippen LogP contribution in [0.15, 0.2) is 0 Å². The Bertz CT molecular complexity index is 81.0. The smallest absolute Gasteiger partial charge is 0.248 e. The first-order chi connectivity index (χ1) is 4.04. The van der Waals surface area contributed by atoms with Gasteiger partial charge in [-0.15, -0.1) is 0 Å². The maximum absolute atomic E-state index is 11.9. The minimum absolute atomic E-state index is 0.905. The Hall–Kier alpha value is -0.280. The Labute approximate surface area is 50.9 Å². The van der Waals surface area contributed by atoms with Crippen LogP contribution in [0.3, 0.4) is 0 Å². The second kappa shape index (κ2) is 3.03. The minimum Gasteiger partial charge on any atom is -0.248 e. The van der Waals surface area contributed by atoms with Crippen molar-refractivity contribution < 1.29 is 17.6 Å². The molecule has 0 nitrogen and oxygen atoms in total. The van der Waals surface area contributed by atoms with Crippen LogP contribution < -0.4 is 0 Å². The van der Waals surface area contributed by atoms with E-state index in [-0.39, 0.29) is 0 Å². The van der Waals surface area contributed by atoms with Gasteiger partial charge in [0.2, 0.25) is 0 Å². The third-order valence-corrected chi connectivity index (χ3v) is 0.927. The summed E-state index contributed by atoms with van der Waals surface area (Å²) in [5.41, 5.74) is 0. The van der Waals surface area contributed by atoms with Crippen LogP contribution >= 0.6 is 0 Å². The third-order valence-electron chi connectivity index (χ3n) is 0.927. The molecule has 0 heterocycles. The van der Waals surface area contributed by atoms with Crippen molar-refractivity contribution in [2.45, 2.75) is 18.5 Å². The van der Waals surface area contributed by atoms with E-state index in [9.17, 15) is 17.6 Å². The van der Waals surface area contributed by atoms with Gasteiger partial charge >= 0.3 is 0 Å². The summed E-state index contributed by atoms with van der Waals surface area (Å²) in [6.07, 6.45) is -3.60. The fourth-order valence-electron chi connectivity index (χ4n) is 0.269. The number of rotatable bonds is 3. The maximum atomic E-state index is 11.9. The van der Waals surface area contributed by atoms with Crippen molar-refractivity contribution in [1.29, 1.82) is 0 Å². The van der Waals surface area contributed by atoms with Crippen molar-refractivity contribution in [3.8, 4) is 0 Å². The van der Waals surface area contributed by atoms with Gasteiger partial charge in [0.05, 0.1) is 0 Å². The van der Waals surface area contributed by atoms with Gasteiger partial charge in [-0.25, -0.2) is 17.6 Å². The summed E-state index contributed by atoms with van der Waals surface area (Å²) >= 11 is 0. The third kappa shape index (κ3) is 2.20. The molecule has 0 spiro atoms. The van der Waals surface area contributed by atoms with Crippen molar-refractivity contribution in [2.75, 3.05) is 6.67 Å². The quantitative estimate of drug-likeness (QED) is 0.531. The van der Waals surface area contributed by atoms with E-state index in [2.05, 4.69) is 6.92 Å². The SMILES string of the molecule is [CH2]CC(F)(F)C(F)CF. The lowest BCUT2D eigenvalue weighted by molar-refractivity contribution is -0.0766. The molecule has 0 aromatic carbocycles. The van der Waals surface area contributed by atoms with Crippen LogP contribution in [0, 0.1) is 6.92 Å². The second-order valence-corrected chi connectivity index (χ2v) is 1.63. The fraction of sp³-hybridized carbons (Fsp3) is 0.800. The van der Waals surface area contributed by atoms with Crippen LogP contribution in [0.25, 0.3) is 0 Å². The van der Waals surface area contributed by atoms with Gasteiger partial charge in [-0.2, -0.15) is 0 Å². The van der Waals surface area contributed by atoms with Crippen molar-refractivity contribution >= 4 is 0 Å². The van der Waals surface area contributed by atoms with Crippen LogP contribution in [0.1, 0.15) is 6.42 Å². The van der Waals surface area contributed by atoms with Crippen molar-refractivity contribution in [3.05, 3.63) is 6.92 Å². The number of hydrogen-bond acceptors (Lipinski definition) is 0. The summed E-state index contributed by atoms with van der Waals surface area (Å²) in [7, 11) is 0. The number of hydrogen-bond donors (Lipinski definition) is 0. The zero-order valence-corrected chi connectivity index (χ0v) is 4.71. The Morgan fingerprint density at radius 1 is 1.44 bits per heavy atom. The Balaban J connectivity index is 3.80. The monoisotopic (exact) mass is 143 g/mol. The average Bonchev–Trinajstić information content (AvgIpc) is 1.86. The predicted molar refractivity (Wildman–Crippen MR) is 25.8 cm³/mol. The van der Waals surface area contributed by atoms with Gasteiger partial charge in [0.1, 0.15) is 6.67 Å². The van der Waals surface area contributed by atoms with Crippen LogP contribution in [0.4, 0.5) is 17.6 Å². The lowest BCUT2D eigenvalue weighted by atomic mass is 10.2. The van der Waals surface area contributed by atoms with E-state index >= 15 is 0 Å². The lowest BCUT2D eigenvalue weighted by Gasteiger charge is -2.15. The molecule has 1 unspecified atom stereocenters. The Morgan fingerprint density at radius 3 is 2.00 bits per heavy atom. The average molecular weight is 143 g/mol. The highest BCUT2D eigenvalue weighted by Gasteiger charge is 2.37. The summed E-state index contributed by atoms with van der Waals surface area (Å²) in [5, 5.41) is 0. The largest absolute Gasteiger partial charge is 0.281 e. The highest BCUT2D eigenvalue weighted by atomic mass is 19.3. The normalized spacial score (nSPS) is 15.7. The molecule has 0 saturated heterocycles. The maximum Gasteiger partial charge on any atom is 0.281 e. The van der Waals surface area contributed by atoms with E-state index in [0.717, 1.165) is 0 Å². The molecule has 0 aliphatic heterocycles. The van der Waals surface area contributed by atoms with E-state index in [4.69, 9.17) is 0 Å². The van der Waals surface area contributed by atoms with E-state index in [0.29, 0.717) is 0 Å². The molecule has 0 aromatic rings. The molecular formula is C5H7F4. The standard InChI is InChI=1S/C5H7F4/c1-2-5(8,9)4(7)3-6/h4H,1-3H2. The first-order valence-corrected chi connectivity index (χ1v) is 2.41. The number of halogens is 4. The zero-order valence-electron chi connectivity index (χ0n) is 4.71. The molecule has 0 bridgehead atoms. The molecule has 0 saturated carbocycles. The first kappa shape index (κ1) is 8.72. The summed E-state index contributed by atoms with van der Waals surface area (Å²) in [6, 6.07) is 0. The van der Waals surface area contributed by atoms with Gasteiger partial charge in [-0.3, -0.25) is 0 Å². The molecule has 55 valence electrons. The summed E-state index contributed by atoms with van der Waals surface area (Å²) < 4.78 is 46.7. The molecule has 0 aliphatic carbocycles. The molecule has 1 atom stereocenters. The molecule has 0 N–H and O–H groups in total. The van der Waals surface area contributed by atoms with Gasteiger partial charge in [0.15, 0.2) is 6.17 Å². The van der Waals surface area contributed by atoms with E-state index in [1.54, 1.807) is 0 Å². The topological polar surface area (TPSA) is 0 Å². The van der Waals surface area contributed by atoms with Crippen molar-refractivity contribution in [2.24, 2.45) is 0 Å². The van der Waals surface area contributed by atoms with E-state index in [1.165, 1.54) is 0 Å². The van der Waals surface area contributed by atoms with Crippen molar-refractivity contribution in [3.63, 3.8) is 0 Å². The highest BCUT2D eigenvalue weighted by molar-refractivity contribution is 4.76. The molecule has 0 aliphatic rings. The van der Waals surface area contributed by atoms with Crippen LogP contribution in [-0.2, 0) is 0 Å². The molecule has 0 aromatic heterocycles. The minimum atomic E-state index is -3.60. The van der Waals surface area contributed by atoms with Gasteiger partial charge in [0.25, 0.3) is 5.92 Å².